The predicted molar refractivity (Wildman–Crippen MR) is 83.2 cm³/mol. The Balaban J connectivity index is 1.76. The van der Waals surface area contributed by atoms with Gasteiger partial charge >= 0.3 is 6.03 Å². The van der Waals surface area contributed by atoms with Crippen molar-refractivity contribution >= 4 is 22.0 Å². The molecule has 1 N–H and O–H groups in total. The highest BCUT2D eigenvalue weighted by Crippen LogP contribution is 2.25. The van der Waals surface area contributed by atoms with Crippen molar-refractivity contribution < 1.29 is 18.0 Å². The summed E-state index contributed by atoms with van der Waals surface area (Å²) < 4.78 is 26.8. The molecule has 2 aliphatic rings. The van der Waals surface area contributed by atoms with Crippen LogP contribution in [0.1, 0.15) is 18.4 Å². The maximum Gasteiger partial charge on any atom is 0.324 e. The monoisotopic (exact) mass is 348 g/mol. The maximum atomic E-state index is 12.7. The first-order valence-corrected chi connectivity index (χ1v) is 8.98. The van der Waals surface area contributed by atoms with Crippen molar-refractivity contribution in [1.82, 2.24) is 14.5 Å². The molecule has 0 saturated carbocycles. The van der Waals surface area contributed by atoms with Gasteiger partial charge in [0, 0.05) is 19.1 Å². The van der Waals surface area contributed by atoms with Crippen LogP contribution in [0.15, 0.2) is 29.2 Å². The SMILES string of the molecule is N#Cc1ccccc1S(=O)(=O)N1CCC(N2C(=O)CNC2=O)CC1. The van der Waals surface area contributed by atoms with Crippen LogP contribution >= 0.6 is 0 Å². The van der Waals surface area contributed by atoms with Crippen molar-refractivity contribution in [2.45, 2.75) is 23.8 Å². The zero-order valence-corrected chi connectivity index (χ0v) is 13.6. The molecular formula is C15H16N4O4S. The Bertz CT molecular complexity index is 806. The minimum absolute atomic E-state index is 0.00705. The lowest BCUT2D eigenvalue weighted by Gasteiger charge is -2.34. The second-order valence-electron chi connectivity index (χ2n) is 5.67. The summed E-state index contributed by atoms with van der Waals surface area (Å²) >= 11 is 0. The zero-order valence-electron chi connectivity index (χ0n) is 12.8. The molecule has 126 valence electrons. The summed E-state index contributed by atoms with van der Waals surface area (Å²) in [6.07, 6.45) is 0.764. The van der Waals surface area contributed by atoms with Gasteiger partial charge in [0.2, 0.25) is 15.9 Å². The molecule has 3 amide bonds. The normalized spacial score (nSPS) is 20.0. The first kappa shape index (κ1) is 16.4. The van der Waals surface area contributed by atoms with E-state index < -0.39 is 16.1 Å². The van der Waals surface area contributed by atoms with Crippen LogP contribution in [0.4, 0.5) is 4.79 Å². The molecule has 3 rings (SSSR count). The van der Waals surface area contributed by atoms with Gasteiger partial charge in [0.1, 0.15) is 6.07 Å². The number of nitriles is 1. The number of nitrogens with zero attached hydrogens (tertiary/aromatic N) is 3. The van der Waals surface area contributed by atoms with Crippen molar-refractivity contribution in [1.29, 1.82) is 5.26 Å². The van der Waals surface area contributed by atoms with E-state index in [0.717, 1.165) is 0 Å². The summed E-state index contributed by atoms with van der Waals surface area (Å²) in [7, 11) is -3.77. The van der Waals surface area contributed by atoms with Crippen molar-refractivity contribution in [3.63, 3.8) is 0 Å². The van der Waals surface area contributed by atoms with Gasteiger partial charge < -0.3 is 5.32 Å². The predicted octanol–water partition coefficient (Wildman–Crippen LogP) is 0.263. The van der Waals surface area contributed by atoms with Crippen LogP contribution in [0, 0.1) is 11.3 Å². The standard InChI is InChI=1S/C15H16N4O4S/c16-9-11-3-1-2-4-13(11)24(22,23)18-7-5-12(6-8-18)19-14(20)10-17-15(19)21/h1-4,12H,5-8,10H2,(H,17,21). The van der Waals surface area contributed by atoms with Gasteiger partial charge in [-0.2, -0.15) is 9.57 Å². The summed E-state index contributed by atoms with van der Waals surface area (Å²) in [6, 6.07) is 7.25. The number of carbonyl (C=O) groups is 2. The van der Waals surface area contributed by atoms with Gasteiger partial charge in [-0.25, -0.2) is 13.2 Å². The minimum Gasteiger partial charge on any atom is -0.329 e. The number of amides is 3. The Kier molecular flexibility index (Phi) is 4.26. The second kappa shape index (κ2) is 6.22. The van der Waals surface area contributed by atoms with E-state index in [1.807, 2.05) is 6.07 Å². The average molecular weight is 348 g/mol. The van der Waals surface area contributed by atoms with Gasteiger partial charge in [0.05, 0.1) is 17.0 Å². The van der Waals surface area contributed by atoms with Gasteiger partial charge in [-0.3, -0.25) is 9.69 Å². The molecule has 2 heterocycles. The van der Waals surface area contributed by atoms with E-state index in [4.69, 9.17) is 5.26 Å². The van der Waals surface area contributed by atoms with Gasteiger partial charge in [0.15, 0.2) is 0 Å². The van der Waals surface area contributed by atoms with E-state index in [0.29, 0.717) is 12.8 Å². The van der Waals surface area contributed by atoms with Crippen LogP contribution in [0.2, 0.25) is 0 Å². The summed E-state index contributed by atoms with van der Waals surface area (Å²) in [5, 5.41) is 11.6. The number of imide groups is 1. The summed E-state index contributed by atoms with van der Waals surface area (Å²) in [5.41, 5.74) is 0.105. The van der Waals surface area contributed by atoms with Crippen molar-refractivity contribution in [2.24, 2.45) is 0 Å². The number of sulfonamides is 1. The van der Waals surface area contributed by atoms with E-state index in [1.54, 1.807) is 12.1 Å². The molecule has 0 bridgehead atoms. The van der Waals surface area contributed by atoms with Crippen molar-refractivity contribution in [3.8, 4) is 6.07 Å². The highest BCUT2D eigenvalue weighted by atomic mass is 32.2. The topological polar surface area (TPSA) is 111 Å². The summed E-state index contributed by atoms with van der Waals surface area (Å²) in [4.78, 5) is 24.6. The molecule has 8 nitrogen and oxygen atoms in total. The number of benzene rings is 1. The van der Waals surface area contributed by atoms with E-state index in [-0.39, 0.29) is 42.0 Å². The largest absolute Gasteiger partial charge is 0.329 e. The van der Waals surface area contributed by atoms with E-state index >= 15 is 0 Å². The molecule has 0 unspecified atom stereocenters. The molecule has 2 saturated heterocycles. The van der Waals surface area contributed by atoms with Crippen LogP contribution < -0.4 is 5.32 Å². The molecule has 1 aromatic carbocycles. The molecular weight excluding hydrogens is 332 g/mol. The molecule has 0 spiro atoms. The molecule has 0 radical (unpaired) electrons. The highest BCUT2D eigenvalue weighted by Gasteiger charge is 2.39. The smallest absolute Gasteiger partial charge is 0.324 e. The summed E-state index contributed by atoms with van der Waals surface area (Å²) in [5.74, 6) is -0.281. The van der Waals surface area contributed by atoms with Crippen molar-refractivity contribution in [3.05, 3.63) is 29.8 Å². The fraction of sp³-hybridized carbons (Fsp3) is 0.400. The number of nitrogens with one attached hydrogen (secondary N) is 1. The first-order valence-electron chi connectivity index (χ1n) is 7.54. The number of rotatable bonds is 3. The van der Waals surface area contributed by atoms with Crippen LogP contribution in [-0.4, -0.2) is 55.2 Å². The third-order valence-electron chi connectivity index (χ3n) is 4.29. The Labute approximate surface area is 139 Å². The van der Waals surface area contributed by atoms with Crippen LogP contribution in [-0.2, 0) is 14.8 Å². The molecule has 0 atom stereocenters. The molecule has 0 aromatic heterocycles. The number of piperidine rings is 1. The Hall–Kier alpha value is -2.44. The van der Waals surface area contributed by atoms with Crippen LogP contribution in [0.5, 0.6) is 0 Å². The first-order chi connectivity index (χ1) is 11.4. The summed E-state index contributed by atoms with van der Waals surface area (Å²) in [6.45, 7) is 0.389. The maximum absolute atomic E-state index is 12.7. The van der Waals surface area contributed by atoms with Crippen LogP contribution in [0.25, 0.3) is 0 Å². The van der Waals surface area contributed by atoms with E-state index in [9.17, 15) is 18.0 Å². The highest BCUT2D eigenvalue weighted by molar-refractivity contribution is 7.89. The van der Waals surface area contributed by atoms with Gasteiger partial charge in [0.25, 0.3) is 0 Å². The second-order valence-corrected chi connectivity index (χ2v) is 7.57. The fourth-order valence-electron chi connectivity index (χ4n) is 3.07. The van der Waals surface area contributed by atoms with Gasteiger partial charge in [-0.1, -0.05) is 12.1 Å². The van der Waals surface area contributed by atoms with Gasteiger partial charge in [-0.05, 0) is 25.0 Å². The third kappa shape index (κ3) is 2.74. The lowest BCUT2D eigenvalue weighted by Crippen LogP contribution is -2.49. The fourth-order valence-corrected chi connectivity index (χ4v) is 4.68. The number of hydrogen-bond donors (Lipinski definition) is 1. The Morgan fingerprint density at radius 2 is 1.83 bits per heavy atom. The molecule has 2 aliphatic heterocycles. The number of urea groups is 1. The van der Waals surface area contributed by atoms with E-state index in [2.05, 4.69) is 5.32 Å². The third-order valence-corrected chi connectivity index (χ3v) is 6.25. The van der Waals surface area contributed by atoms with Crippen LogP contribution in [0.3, 0.4) is 0 Å². The van der Waals surface area contributed by atoms with E-state index in [1.165, 1.54) is 21.3 Å². The molecule has 24 heavy (non-hydrogen) atoms. The Morgan fingerprint density at radius 3 is 2.42 bits per heavy atom. The molecule has 1 aromatic rings. The minimum atomic E-state index is -3.77. The molecule has 0 aliphatic carbocycles. The molecule has 9 heteroatoms. The Morgan fingerprint density at radius 1 is 1.17 bits per heavy atom. The van der Waals surface area contributed by atoms with Crippen molar-refractivity contribution in [2.75, 3.05) is 19.6 Å². The number of carbonyl (C=O) groups excluding carboxylic acids is 2. The number of hydrogen-bond acceptors (Lipinski definition) is 5. The molecule has 2 fully saturated rings. The lowest BCUT2D eigenvalue weighted by atomic mass is 10.1. The quantitative estimate of drug-likeness (QED) is 0.788. The zero-order chi connectivity index (χ0) is 17.3. The average Bonchev–Trinajstić information content (AvgIpc) is 2.93. The van der Waals surface area contributed by atoms with Gasteiger partial charge in [-0.15, -0.1) is 0 Å². The lowest BCUT2D eigenvalue weighted by molar-refractivity contribution is -0.127.